The van der Waals surface area contributed by atoms with Crippen molar-refractivity contribution in [3.05, 3.63) is 69.1 Å². The van der Waals surface area contributed by atoms with E-state index in [2.05, 4.69) is 20.9 Å². The smallest absolute Gasteiger partial charge is 0.317 e. The van der Waals surface area contributed by atoms with Crippen LogP contribution in [0.2, 0.25) is 0 Å². The molecule has 1 heterocycles. The molecule has 1 aliphatic carbocycles. The molecule has 0 aliphatic heterocycles. The van der Waals surface area contributed by atoms with Crippen molar-refractivity contribution in [1.82, 2.24) is 4.98 Å². The maximum absolute atomic E-state index is 13.4. The number of nitrogens with zero attached hydrogens (tertiary/aromatic N) is 1. The number of aryl methyl sites for hydroxylation is 2. The lowest BCUT2D eigenvalue weighted by Crippen LogP contribution is -2.36. The molecule has 6 heteroatoms. The quantitative estimate of drug-likeness (QED) is 0.581. The molecule has 1 aliphatic rings. The number of ketones is 1. The van der Waals surface area contributed by atoms with Crippen molar-refractivity contribution in [3.8, 4) is 0 Å². The molecule has 1 aromatic carbocycles. The Kier molecular flexibility index (Phi) is 5.46. The molecule has 0 radical (unpaired) electrons. The second kappa shape index (κ2) is 7.64. The summed E-state index contributed by atoms with van der Waals surface area (Å²) in [5.74, 6) is -2.68. The lowest BCUT2D eigenvalue weighted by Gasteiger charge is -2.30. The minimum Gasteiger partial charge on any atom is -0.512 e. The summed E-state index contributed by atoms with van der Waals surface area (Å²) in [4.78, 5) is 30.1. The van der Waals surface area contributed by atoms with Gasteiger partial charge in [0.25, 0.3) is 0 Å². The van der Waals surface area contributed by atoms with E-state index in [0.717, 1.165) is 15.6 Å². The van der Waals surface area contributed by atoms with Crippen LogP contribution in [0, 0.1) is 19.8 Å². The number of esters is 1. The number of carbonyl (C=O) groups is 2. The number of allylic oxidation sites excluding steroid dienone is 2. The number of aliphatic hydroxyl groups excluding tert-OH is 1. The zero-order valence-electron chi connectivity index (χ0n) is 15.3. The first kappa shape index (κ1) is 19.3. The first-order valence-electron chi connectivity index (χ1n) is 8.57. The average molecular weight is 430 g/mol. The zero-order chi connectivity index (χ0) is 19.7. The standard InChI is InChI=1S/C21H20BrNO4/c1-11-8-13(22)9-12(2)17(11)19-16(24)10-14(15-6-4-5-7-23-15)18(20(19)25)21(26)27-3/h4-9,14,18,24H,10H2,1-3H3. The molecule has 2 atom stereocenters. The van der Waals surface area contributed by atoms with Gasteiger partial charge in [0.1, 0.15) is 11.7 Å². The molecule has 0 fully saturated rings. The van der Waals surface area contributed by atoms with Crippen LogP contribution in [0.4, 0.5) is 0 Å². The lowest BCUT2D eigenvalue weighted by molar-refractivity contribution is -0.149. The Hall–Kier alpha value is -2.47. The van der Waals surface area contributed by atoms with Gasteiger partial charge < -0.3 is 9.84 Å². The van der Waals surface area contributed by atoms with E-state index in [0.29, 0.717) is 11.3 Å². The monoisotopic (exact) mass is 429 g/mol. The summed E-state index contributed by atoms with van der Waals surface area (Å²) in [5, 5.41) is 10.8. The number of aliphatic hydroxyl groups is 1. The van der Waals surface area contributed by atoms with E-state index in [1.165, 1.54) is 7.11 Å². The van der Waals surface area contributed by atoms with Crippen LogP contribution < -0.4 is 0 Å². The van der Waals surface area contributed by atoms with Crippen molar-refractivity contribution in [2.24, 2.45) is 5.92 Å². The highest BCUT2D eigenvalue weighted by Gasteiger charge is 2.45. The number of methoxy groups -OCH3 is 1. The maximum atomic E-state index is 13.4. The fourth-order valence-electron chi connectivity index (χ4n) is 3.75. The number of carbonyl (C=O) groups excluding carboxylic acids is 2. The number of rotatable bonds is 3. The van der Waals surface area contributed by atoms with Crippen molar-refractivity contribution < 1.29 is 19.4 Å². The molecule has 1 N–H and O–H groups in total. The second-order valence-corrected chi connectivity index (χ2v) is 7.58. The normalized spacial score (nSPS) is 19.9. The van der Waals surface area contributed by atoms with Crippen LogP contribution in [0.25, 0.3) is 5.57 Å². The number of pyridine rings is 1. The largest absolute Gasteiger partial charge is 0.512 e. The number of hydrogen-bond acceptors (Lipinski definition) is 5. The Morgan fingerprint density at radius 3 is 2.48 bits per heavy atom. The summed E-state index contributed by atoms with van der Waals surface area (Å²) < 4.78 is 5.80. The third kappa shape index (κ3) is 3.54. The zero-order valence-corrected chi connectivity index (χ0v) is 16.9. The third-order valence-corrected chi connectivity index (χ3v) is 5.36. The fourth-order valence-corrected chi connectivity index (χ4v) is 4.44. The van der Waals surface area contributed by atoms with Crippen molar-refractivity contribution in [2.75, 3.05) is 7.11 Å². The van der Waals surface area contributed by atoms with Crippen LogP contribution >= 0.6 is 15.9 Å². The van der Waals surface area contributed by atoms with Gasteiger partial charge in [-0.2, -0.15) is 0 Å². The molecule has 0 spiro atoms. The van der Waals surface area contributed by atoms with Crippen LogP contribution in [0.5, 0.6) is 0 Å². The van der Waals surface area contributed by atoms with E-state index < -0.39 is 23.6 Å². The van der Waals surface area contributed by atoms with Crippen LogP contribution in [-0.2, 0) is 14.3 Å². The van der Waals surface area contributed by atoms with E-state index in [1.807, 2.05) is 26.0 Å². The minimum absolute atomic E-state index is 0.0238. The summed E-state index contributed by atoms with van der Waals surface area (Å²) in [5.41, 5.74) is 3.12. The Morgan fingerprint density at radius 1 is 1.26 bits per heavy atom. The Balaban J connectivity index is 2.18. The summed E-state index contributed by atoms with van der Waals surface area (Å²) >= 11 is 3.44. The van der Waals surface area contributed by atoms with Gasteiger partial charge in [0, 0.05) is 28.7 Å². The topological polar surface area (TPSA) is 76.5 Å². The number of aromatic nitrogens is 1. The molecule has 0 bridgehead atoms. The van der Waals surface area contributed by atoms with Gasteiger partial charge in [-0.05, 0) is 54.8 Å². The molecule has 0 saturated carbocycles. The van der Waals surface area contributed by atoms with Gasteiger partial charge >= 0.3 is 5.97 Å². The Morgan fingerprint density at radius 2 is 1.93 bits per heavy atom. The van der Waals surface area contributed by atoms with Gasteiger partial charge in [0.05, 0.1) is 12.7 Å². The first-order chi connectivity index (χ1) is 12.8. The molecular weight excluding hydrogens is 410 g/mol. The third-order valence-electron chi connectivity index (χ3n) is 4.90. The summed E-state index contributed by atoms with van der Waals surface area (Å²) in [6.07, 6.45) is 1.75. The molecule has 140 valence electrons. The first-order valence-corrected chi connectivity index (χ1v) is 9.36. The van der Waals surface area contributed by atoms with E-state index in [9.17, 15) is 14.7 Å². The van der Waals surface area contributed by atoms with Gasteiger partial charge in [-0.25, -0.2) is 0 Å². The SMILES string of the molecule is COC(=O)C1C(=O)C(c2c(C)cc(Br)cc2C)=C(O)CC1c1ccccn1. The number of Topliss-reactive ketones (excluding diaryl/α,β-unsaturated/α-hetero) is 1. The highest BCUT2D eigenvalue weighted by atomic mass is 79.9. The van der Waals surface area contributed by atoms with Crippen LogP contribution in [0.15, 0.2) is 46.8 Å². The molecule has 2 unspecified atom stereocenters. The number of ether oxygens (including phenoxy) is 1. The number of benzene rings is 1. The molecule has 3 rings (SSSR count). The summed E-state index contributed by atoms with van der Waals surface area (Å²) in [6.45, 7) is 3.75. The van der Waals surface area contributed by atoms with E-state index in [-0.39, 0.29) is 17.8 Å². The predicted molar refractivity (Wildman–Crippen MR) is 105 cm³/mol. The molecule has 2 aromatic rings. The van der Waals surface area contributed by atoms with Crippen LogP contribution in [-0.4, -0.2) is 29.0 Å². The highest BCUT2D eigenvalue weighted by molar-refractivity contribution is 9.10. The van der Waals surface area contributed by atoms with Crippen molar-refractivity contribution >= 4 is 33.3 Å². The second-order valence-electron chi connectivity index (χ2n) is 6.67. The van der Waals surface area contributed by atoms with Gasteiger partial charge in [-0.1, -0.05) is 22.0 Å². The highest BCUT2D eigenvalue weighted by Crippen LogP contribution is 2.43. The number of hydrogen-bond donors (Lipinski definition) is 1. The average Bonchev–Trinajstić information content (AvgIpc) is 2.63. The van der Waals surface area contributed by atoms with Gasteiger partial charge in [0.15, 0.2) is 5.78 Å². The minimum atomic E-state index is -1.04. The predicted octanol–water partition coefficient (Wildman–Crippen LogP) is 4.28. The lowest BCUT2D eigenvalue weighted by atomic mass is 9.73. The Labute approximate surface area is 166 Å². The fraction of sp³-hybridized carbons (Fsp3) is 0.286. The Bertz CT molecular complexity index is 913. The van der Waals surface area contributed by atoms with E-state index in [4.69, 9.17) is 4.74 Å². The van der Waals surface area contributed by atoms with E-state index in [1.54, 1.807) is 24.4 Å². The molecule has 5 nitrogen and oxygen atoms in total. The van der Waals surface area contributed by atoms with Gasteiger partial charge in [-0.3, -0.25) is 14.6 Å². The van der Waals surface area contributed by atoms with E-state index >= 15 is 0 Å². The summed E-state index contributed by atoms with van der Waals surface area (Å²) in [7, 11) is 1.26. The molecular formula is C21H20BrNO4. The van der Waals surface area contributed by atoms with Gasteiger partial charge in [-0.15, -0.1) is 0 Å². The molecule has 0 saturated heterocycles. The van der Waals surface area contributed by atoms with Crippen LogP contribution in [0.1, 0.15) is 34.7 Å². The van der Waals surface area contributed by atoms with Crippen molar-refractivity contribution in [1.29, 1.82) is 0 Å². The number of halogens is 1. The molecule has 27 heavy (non-hydrogen) atoms. The van der Waals surface area contributed by atoms with Crippen molar-refractivity contribution in [2.45, 2.75) is 26.2 Å². The molecule has 1 aromatic heterocycles. The van der Waals surface area contributed by atoms with Crippen LogP contribution in [0.3, 0.4) is 0 Å². The van der Waals surface area contributed by atoms with Crippen molar-refractivity contribution in [3.63, 3.8) is 0 Å². The van der Waals surface area contributed by atoms with Gasteiger partial charge in [0.2, 0.25) is 0 Å². The maximum Gasteiger partial charge on any atom is 0.317 e. The molecule has 0 amide bonds. The summed E-state index contributed by atoms with van der Waals surface area (Å²) in [6, 6.07) is 9.07.